The summed E-state index contributed by atoms with van der Waals surface area (Å²) in [7, 11) is 1.54. The molecule has 0 aliphatic carbocycles. The molecule has 0 heterocycles. The second kappa shape index (κ2) is 6.29. The first-order valence-corrected chi connectivity index (χ1v) is 7.74. The van der Waals surface area contributed by atoms with E-state index in [-0.39, 0.29) is 5.78 Å². The van der Waals surface area contributed by atoms with Gasteiger partial charge in [-0.1, -0.05) is 43.5 Å². The van der Waals surface area contributed by atoms with Crippen molar-refractivity contribution >= 4 is 49.2 Å². The molecule has 0 aromatic heterocycles. The Kier molecular flexibility index (Phi) is 4.89. The molecule has 104 valence electrons. The molecule has 0 bridgehead atoms. The van der Waals surface area contributed by atoms with Crippen molar-refractivity contribution in [2.24, 2.45) is 0 Å². The molecule has 0 spiro atoms. The molecule has 0 unspecified atom stereocenters. The van der Waals surface area contributed by atoms with Gasteiger partial charge in [0.2, 0.25) is 0 Å². The Labute approximate surface area is 139 Å². The van der Waals surface area contributed by atoms with E-state index in [2.05, 4.69) is 31.9 Å². The van der Waals surface area contributed by atoms with Crippen LogP contribution >= 0.6 is 43.5 Å². The zero-order valence-electron chi connectivity index (χ0n) is 10.8. The zero-order valence-corrected chi connectivity index (χ0v) is 14.8. The third kappa shape index (κ3) is 3.08. The molecule has 2 rings (SSSR count). The Morgan fingerprint density at radius 2 is 1.85 bits per heavy atom. The fraction of sp³-hybridized carbons (Fsp3) is 0.133. The Balaban J connectivity index is 2.55. The van der Waals surface area contributed by atoms with Gasteiger partial charge < -0.3 is 4.74 Å². The van der Waals surface area contributed by atoms with E-state index in [9.17, 15) is 4.79 Å². The largest absolute Gasteiger partial charge is 0.496 e. The summed E-state index contributed by atoms with van der Waals surface area (Å²) in [5.41, 5.74) is 1.93. The van der Waals surface area contributed by atoms with Crippen LogP contribution < -0.4 is 4.74 Å². The van der Waals surface area contributed by atoms with E-state index in [1.807, 2.05) is 13.0 Å². The average molecular weight is 419 g/mol. The smallest absolute Gasteiger partial charge is 0.198 e. The highest BCUT2D eigenvalue weighted by Crippen LogP contribution is 2.31. The molecular weight excluding hydrogens is 407 g/mol. The highest BCUT2D eigenvalue weighted by Gasteiger charge is 2.18. The van der Waals surface area contributed by atoms with Gasteiger partial charge in [0.1, 0.15) is 5.75 Å². The first kappa shape index (κ1) is 15.5. The fourth-order valence-electron chi connectivity index (χ4n) is 1.82. The highest BCUT2D eigenvalue weighted by molar-refractivity contribution is 9.10. The average Bonchev–Trinajstić information content (AvgIpc) is 2.40. The van der Waals surface area contributed by atoms with E-state index >= 15 is 0 Å². The van der Waals surface area contributed by atoms with Crippen LogP contribution in [-0.4, -0.2) is 12.9 Å². The topological polar surface area (TPSA) is 26.3 Å². The number of aryl methyl sites for hydroxylation is 1. The number of ether oxygens (including phenoxy) is 1. The molecule has 0 saturated heterocycles. The van der Waals surface area contributed by atoms with Gasteiger partial charge in [0.25, 0.3) is 0 Å². The lowest BCUT2D eigenvalue weighted by molar-refractivity contribution is 0.103. The van der Waals surface area contributed by atoms with E-state index in [0.717, 1.165) is 14.5 Å². The highest BCUT2D eigenvalue weighted by atomic mass is 79.9. The number of hydrogen-bond acceptors (Lipinski definition) is 2. The van der Waals surface area contributed by atoms with Crippen LogP contribution in [0.5, 0.6) is 5.75 Å². The maximum atomic E-state index is 12.6. The van der Waals surface area contributed by atoms with Gasteiger partial charge in [0, 0.05) is 14.5 Å². The van der Waals surface area contributed by atoms with Gasteiger partial charge >= 0.3 is 0 Å². The number of benzene rings is 2. The molecule has 0 N–H and O–H groups in total. The Hall–Kier alpha value is -0.840. The number of carbonyl (C=O) groups is 1. The molecule has 5 heteroatoms. The van der Waals surface area contributed by atoms with Gasteiger partial charge in [-0.05, 0) is 42.8 Å². The van der Waals surface area contributed by atoms with Crippen LogP contribution in [0.2, 0.25) is 5.02 Å². The van der Waals surface area contributed by atoms with E-state index in [0.29, 0.717) is 21.9 Å². The number of carbonyl (C=O) groups excluding carboxylic acids is 1. The van der Waals surface area contributed by atoms with Gasteiger partial charge in [-0.15, -0.1) is 0 Å². The number of hydrogen-bond donors (Lipinski definition) is 0. The van der Waals surface area contributed by atoms with Gasteiger partial charge in [-0.2, -0.15) is 0 Å². The zero-order chi connectivity index (χ0) is 14.9. The number of rotatable bonds is 3. The van der Waals surface area contributed by atoms with Gasteiger partial charge in [0.15, 0.2) is 5.78 Å². The van der Waals surface area contributed by atoms with E-state index in [1.165, 1.54) is 0 Å². The molecule has 2 aromatic rings. The summed E-state index contributed by atoms with van der Waals surface area (Å²) in [6.45, 7) is 1.94. The van der Waals surface area contributed by atoms with Crippen LogP contribution in [0.4, 0.5) is 0 Å². The second-order valence-corrected chi connectivity index (χ2v) is 6.43. The Bertz CT molecular complexity index is 684. The maximum Gasteiger partial charge on any atom is 0.198 e. The first-order valence-electron chi connectivity index (χ1n) is 5.78. The molecule has 2 aromatic carbocycles. The third-order valence-electron chi connectivity index (χ3n) is 2.90. The van der Waals surface area contributed by atoms with Crippen molar-refractivity contribution in [3.8, 4) is 5.75 Å². The molecular formula is C15H11Br2ClO2. The summed E-state index contributed by atoms with van der Waals surface area (Å²) in [4.78, 5) is 12.6. The minimum absolute atomic E-state index is 0.167. The minimum Gasteiger partial charge on any atom is -0.496 e. The van der Waals surface area contributed by atoms with Crippen LogP contribution in [-0.2, 0) is 0 Å². The van der Waals surface area contributed by atoms with Crippen molar-refractivity contribution in [2.75, 3.05) is 7.11 Å². The van der Waals surface area contributed by atoms with Crippen molar-refractivity contribution < 1.29 is 9.53 Å². The lowest BCUT2D eigenvalue weighted by atomic mass is 10.0. The number of ketones is 1. The summed E-state index contributed by atoms with van der Waals surface area (Å²) < 4.78 is 6.98. The molecule has 0 fully saturated rings. The molecule has 0 amide bonds. The quantitative estimate of drug-likeness (QED) is 0.623. The van der Waals surface area contributed by atoms with Crippen molar-refractivity contribution in [3.05, 3.63) is 61.0 Å². The summed E-state index contributed by atoms with van der Waals surface area (Å²) in [5, 5.41) is 0.406. The van der Waals surface area contributed by atoms with Crippen molar-refractivity contribution in [2.45, 2.75) is 6.92 Å². The Morgan fingerprint density at radius 3 is 2.45 bits per heavy atom. The molecule has 0 aliphatic heterocycles. The Morgan fingerprint density at radius 1 is 1.15 bits per heavy atom. The van der Waals surface area contributed by atoms with Crippen LogP contribution in [0, 0.1) is 6.92 Å². The molecule has 2 nitrogen and oxygen atoms in total. The standard InChI is InChI=1S/C15H11Br2ClO2/c1-8-5-14(20-2)11(7-12(8)17)15(19)10-4-3-9(16)6-13(10)18/h3-7H,1-2H3. The van der Waals surface area contributed by atoms with Crippen LogP contribution in [0.3, 0.4) is 0 Å². The lowest BCUT2D eigenvalue weighted by Crippen LogP contribution is -2.05. The van der Waals surface area contributed by atoms with Crippen LogP contribution in [0.25, 0.3) is 0 Å². The van der Waals surface area contributed by atoms with Crippen molar-refractivity contribution in [1.29, 1.82) is 0 Å². The summed E-state index contributed by atoms with van der Waals surface area (Å²) >= 11 is 12.9. The lowest BCUT2D eigenvalue weighted by Gasteiger charge is -2.11. The predicted molar refractivity (Wildman–Crippen MR) is 88.0 cm³/mol. The van der Waals surface area contributed by atoms with Crippen LogP contribution in [0.15, 0.2) is 39.3 Å². The normalized spacial score (nSPS) is 10.4. The number of methoxy groups -OCH3 is 1. The first-order chi connectivity index (χ1) is 9.43. The molecule has 0 radical (unpaired) electrons. The predicted octanol–water partition coefficient (Wildman–Crippen LogP) is 5.41. The SMILES string of the molecule is COc1cc(C)c(Br)cc1C(=O)c1ccc(Br)cc1Cl. The number of halogens is 3. The van der Waals surface area contributed by atoms with Gasteiger partial charge in [-0.3, -0.25) is 4.79 Å². The van der Waals surface area contributed by atoms with Gasteiger partial charge in [-0.25, -0.2) is 0 Å². The summed E-state index contributed by atoms with van der Waals surface area (Å²) in [6.07, 6.45) is 0. The molecule has 0 atom stereocenters. The molecule has 0 saturated carbocycles. The van der Waals surface area contributed by atoms with Crippen molar-refractivity contribution in [1.82, 2.24) is 0 Å². The van der Waals surface area contributed by atoms with Gasteiger partial charge in [0.05, 0.1) is 17.7 Å². The summed E-state index contributed by atoms with van der Waals surface area (Å²) in [6, 6.07) is 8.76. The van der Waals surface area contributed by atoms with E-state index < -0.39 is 0 Å². The van der Waals surface area contributed by atoms with E-state index in [4.69, 9.17) is 16.3 Å². The molecule has 0 aliphatic rings. The monoisotopic (exact) mass is 416 g/mol. The third-order valence-corrected chi connectivity index (χ3v) is 4.56. The van der Waals surface area contributed by atoms with Crippen LogP contribution in [0.1, 0.15) is 21.5 Å². The minimum atomic E-state index is -0.167. The van der Waals surface area contributed by atoms with Crippen molar-refractivity contribution in [3.63, 3.8) is 0 Å². The fourth-order valence-corrected chi connectivity index (χ4v) is 2.92. The summed E-state index contributed by atoms with van der Waals surface area (Å²) in [5.74, 6) is 0.370. The van der Waals surface area contributed by atoms with E-state index in [1.54, 1.807) is 31.4 Å². The molecule has 20 heavy (non-hydrogen) atoms. The second-order valence-electron chi connectivity index (χ2n) is 4.25. The maximum absolute atomic E-state index is 12.6.